The smallest absolute Gasteiger partial charge is 0.0754 e. The molecule has 1 aromatic carbocycles. The van der Waals surface area contributed by atoms with Crippen molar-refractivity contribution in [1.29, 1.82) is 0 Å². The van der Waals surface area contributed by atoms with Gasteiger partial charge in [0.15, 0.2) is 0 Å². The normalized spacial score (nSPS) is 8.00. The van der Waals surface area contributed by atoms with Gasteiger partial charge in [-0.05, 0) is 0 Å². The predicted octanol–water partition coefficient (Wildman–Crippen LogP) is 2.53. The zero-order valence-corrected chi connectivity index (χ0v) is 5.20. The first-order chi connectivity index (χ1) is 4.50. The molecule has 0 saturated heterocycles. The molecule has 0 unspecified atom stereocenters. The van der Waals surface area contributed by atoms with Crippen molar-refractivity contribution in [3.8, 4) is 0 Å². The SMILES string of the molecule is c1cccc[cH-]ccc1. The molecule has 0 aliphatic rings. The van der Waals surface area contributed by atoms with Crippen molar-refractivity contribution in [1.82, 2.24) is 0 Å². The molecule has 0 nitrogen and oxygen atoms in total. The maximum atomic E-state index is 2.00. The van der Waals surface area contributed by atoms with Crippen LogP contribution in [0.3, 0.4) is 0 Å². The van der Waals surface area contributed by atoms with E-state index in [1.54, 1.807) is 0 Å². The predicted molar refractivity (Wildman–Crippen MR) is 39.7 cm³/mol. The van der Waals surface area contributed by atoms with Crippen LogP contribution in [0.2, 0.25) is 0 Å². The van der Waals surface area contributed by atoms with Gasteiger partial charge in [-0.2, -0.15) is 30.3 Å². The van der Waals surface area contributed by atoms with Gasteiger partial charge >= 0.3 is 0 Å². The molecule has 1 aromatic rings. The minimum atomic E-state index is 2.00. The van der Waals surface area contributed by atoms with Gasteiger partial charge in [-0.25, -0.2) is 0 Å². The first kappa shape index (κ1) is 5.96. The molecule has 0 aliphatic carbocycles. The number of hydrogen-bond acceptors (Lipinski definition) is 0. The molecule has 46 valence electrons. The van der Waals surface area contributed by atoms with Crippen LogP contribution in [0.15, 0.2) is 54.6 Å². The molecular formula is C9H9-. The van der Waals surface area contributed by atoms with Crippen LogP contribution in [0, 0.1) is 0 Å². The highest BCUT2D eigenvalue weighted by atomic mass is 13.6. The Labute approximate surface area is 55.5 Å². The monoisotopic (exact) mass is 117 g/mol. The Bertz CT molecular complexity index is 122. The molecule has 0 bridgehead atoms. The van der Waals surface area contributed by atoms with Crippen molar-refractivity contribution >= 4 is 0 Å². The highest BCUT2D eigenvalue weighted by Crippen LogP contribution is 1.80. The van der Waals surface area contributed by atoms with Gasteiger partial charge in [-0.1, -0.05) is 12.1 Å². The van der Waals surface area contributed by atoms with Gasteiger partial charge in [0.25, 0.3) is 0 Å². The molecular weight excluding hydrogens is 108 g/mol. The lowest BCUT2D eigenvalue weighted by Crippen LogP contribution is -1.38. The van der Waals surface area contributed by atoms with E-state index in [0.717, 1.165) is 0 Å². The summed E-state index contributed by atoms with van der Waals surface area (Å²) in [6.45, 7) is 0. The first-order valence-electron chi connectivity index (χ1n) is 3.00. The third-order valence-corrected chi connectivity index (χ3v) is 1.00. The number of rotatable bonds is 0. The molecule has 0 heteroatoms. The molecule has 0 atom stereocenters. The van der Waals surface area contributed by atoms with Crippen LogP contribution in [-0.2, 0) is 0 Å². The molecule has 0 aliphatic heterocycles. The zero-order chi connectivity index (χ0) is 6.36. The van der Waals surface area contributed by atoms with E-state index in [9.17, 15) is 0 Å². The Morgan fingerprint density at radius 3 is 1.56 bits per heavy atom. The van der Waals surface area contributed by atoms with Gasteiger partial charge in [-0.15, -0.1) is 12.1 Å². The highest BCUT2D eigenvalue weighted by molar-refractivity contribution is 4.99. The average molecular weight is 117 g/mol. The van der Waals surface area contributed by atoms with Gasteiger partial charge in [-0.3, -0.25) is 0 Å². The Morgan fingerprint density at radius 2 is 1.00 bits per heavy atom. The Kier molecular flexibility index (Phi) is 2.51. The third kappa shape index (κ3) is 2.60. The molecule has 9 heavy (non-hydrogen) atoms. The molecule has 0 fully saturated rings. The van der Waals surface area contributed by atoms with Crippen LogP contribution >= 0.6 is 0 Å². The summed E-state index contributed by atoms with van der Waals surface area (Å²) >= 11 is 0. The summed E-state index contributed by atoms with van der Waals surface area (Å²) in [5, 5.41) is 0. The van der Waals surface area contributed by atoms with E-state index in [1.165, 1.54) is 0 Å². The topological polar surface area (TPSA) is 0 Å². The van der Waals surface area contributed by atoms with Gasteiger partial charge in [0.1, 0.15) is 0 Å². The maximum absolute atomic E-state index is 2.00. The van der Waals surface area contributed by atoms with E-state index in [-0.39, 0.29) is 0 Å². The second kappa shape index (κ2) is 3.79. The molecule has 0 radical (unpaired) electrons. The molecule has 0 aromatic heterocycles. The van der Waals surface area contributed by atoms with Gasteiger partial charge in [0.05, 0.1) is 0 Å². The van der Waals surface area contributed by atoms with Crippen LogP contribution < -0.4 is 0 Å². The van der Waals surface area contributed by atoms with Crippen molar-refractivity contribution in [2.45, 2.75) is 0 Å². The van der Waals surface area contributed by atoms with Crippen LogP contribution in [0.5, 0.6) is 0 Å². The Hall–Kier alpha value is -1.17. The van der Waals surface area contributed by atoms with E-state index in [2.05, 4.69) is 0 Å². The lowest BCUT2D eigenvalue weighted by molar-refractivity contribution is 1.82. The molecule has 0 heterocycles. The van der Waals surface area contributed by atoms with Gasteiger partial charge in [0.2, 0.25) is 0 Å². The fraction of sp³-hybridized carbons (Fsp3) is 0. The minimum absolute atomic E-state index is 2.00. The lowest BCUT2D eigenvalue weighted by Gasteiger charge is -1.69. The summed E-state index contributed by atoms with van der Waals surface area (Å²) in [4.78, 5) is 0. The Morgan fingerprint density at radius 1 is 0.556 bits per heavy atom. The van der Waals surface area contributed by atoms with Crippen LogP contribution in [0.25, 0.3) is 0 Å². The van der Waals surface area contributed by atoms with Crippen LogP contribution in [0.1, 0.15) is 0 Å². The summed E-state index contributed by atoms with van der Waals surface area (Å²) < 4.78 is 0. The quantitative estimate of drug-likeness (QED) is 0.458. The first-order valence-corrected chi connectivity index (χ1v) is 3.00. The van der Waals surface area contributed by atoms with Crippen molar-refractivity contribution in [2.75, 3.05) is 0 Å². The van der Waals surface area contributed by atoms with Crippen LogP contribution in [0.4, 0.5) is 0 Å². The fourth-order valence-corrected chi connectivity index (χ4v) is 0.577. The number of hydrogen-bond donors (Lipinski definition) is 0. The molecule has 0 amide bonds. The van der Waals surface area contributed by atoms with E-state index in [1.807, 2.05) is 54.6 Å². The highest BCUT2D eigenvalue weighted by Gasteiger charge is 1.51. The molecule has 1 rings (SSSR count). The molecule has 0 saturated carbocycles. The largest absolute Gasteiger partial charge is 0.172 e. The van der Waals surface area contributed by atoms with E-state index in [4.69, 9.17) is 0 Å². The van der Waals surface area contributed by atoms with Crippen molar-refractivity contribution in [2.24, 2.45) is 0 Å². The van der Waals surface area contributed by atoms with Crippen molar-refractivity contribution in [3.63, 3.8) is 0 Å². The van der Waals surface area contributed by atoms with Crippen LogP contribution in [-0.4, -0.2) is 0 Å². The Balaban J connectivity index is 3.04. The summed E-state index contributed by atoms with van der Waals surface area (Å²) in [6.07, 6.45) is 0. The summed E-state index contributed by atoms with van der Waals surface area (Å²) in [7, 11) is 0. The molecule has 0 N–H and O–H groups in total. The molecule has 0 spiro atoms. The second-order valence-corrected chi connectivity index (χ2v) is 1.73. The lowest BCUT2D eigenvalue weighted by atomic mass is 10.5. The summed E-state index contributed by atoms with van der Waals surface area (Å²) in [6, 6.07) is 18.0. The summed E-state index contributed by atoms with van der Waals surface area (Å²) in [5.41, 5.74) is 0. The van der Waals surface area contributed by atoms with Gasteiger partial charge < -0.3 is 0 Å². The van der Waals surface area contributed by atoms with E-state index < -0.39 is 0 Å². The van der Waals surface area contributed by atoms with E-state index >= 15 is 0 Å². The second-order valence-electron chi connectivity index (χ2n) is 1.73. The summed E-state index contributed by atoms with van der Waals surface area (Å²) in [5.74, 6) is 0. The maximum Gasteiger partial charge on any atom is -0.0754 e. The standard InChI is InChI=1S/C9H9/c1-2-4-6-8-9-7-5-3-1/h1-9H/q-1. The van der Waals surface area contributed by atoms with E-state index in [0.29, 0.717) is 0 Å². The third-order valence-electron chi connectivity index (χ3n) is 1.00. The minimum Gasteiger partial charge on any atom is -0.172 e. The van der Waals surface area contributed by atoms with Crippen molar-refractivity contribution in [3.05, 3.63) is 54.6 Å². The van der Waals surface area contributed by atoms with Crippen molar-refractivity contribution < 1.29 is 0 Å². The van der Waals surface area contributed by atoms with Gasteiger partial charge in [0, 0.05) is 0 Å². The fourth-order valence-electron chi connectivity index (χ4n) is 0.577. The zero-order valence-electron chi connectivity index (χ0n) is 5.20. The average Bonchev–Trinajstić information content (AvgIpc) is 2.00.